The number of anilines is 1. The molecule has 2 amide bonds. The first-order valence-electron chi connectivity index (χ1n) is 7.48. The second-order valence-corrected chi connectivity index (χ2v) is 6.21. The van der Waals surface area contributed by atoms with Gasteiger partial charge in [-0.25, -0.2) is 4.79 Å². The van der Waals surface area contributed by atoms with E-state index in [-0.39, 0.29) is 25.3 Å². The van der Waals surface area contributed by atoms with Crippen molar-refractivity contribution in [2.75, 3.05) is 25.1 Å². The molecular formula is C17H22N2O3S. The minimum absolute atomic E-state index is 0.0449. The number of carbonyl (C=O) groups is 1. The summed E-state index contributed by atoms with van der Waals surface area (Å²) in [6.07, 6.45) is -0.257. The van der Waals surface area contributed by atoms with Crippen LogP contribution >= 0.6 is 11.3 Å². The third kappa shape index (κ3) is 5.35. The zero-order valence-electron chi connectivity index (χ0n) is 13.3. The average molecular weight is 334 g/mol. The molecule has 0 bridgehead atoms. The van der Waals surface area contributed by atoms with Gasteiger partial charge in [-0.15, -0.1) is 11.3 Å². The minimum atomic E-state index is -0.276. The van der Waals surface area contributed by atoms with Crippen LogP contribution in [0.1, 0.15) is 22.1 Å². The fraction of sp³-hybridized carbons (Fsp3) is 0.353. The van der Waals surface area contributed by atoms with E-state index in [1.165, 1.54) is 5.56 Å². The summed E-state index contributed by atoms with van der Waals surface area (Å²) in [6, 6.07) is 9.40. The van der Waals surface area contributed by atoms with Gasteiger partial charge < -0.3 is 20.5 Å². The van der Waals surface area contributed by atoms with Gasteiger partial charge in [0.05, 0.1) is 19.8 Å². The summed E-state index contributed by atoms with van der Waals surface area (Å²) in [7, 11) is 0. The summed E-state index contributed by atoms with van der Waals surface area (Å²) in [5.74, 6) is 0. The van der Waals surface area contributed by atoms with Gasteiger partial charge in [0.25, 0.3) is 0 Å². The maximum atomic E-state index is 12.0. The van der Waals surface area contributed by atoms with Crippen molar-refractivity contribution >= 4 is 23.1 Å². The van der Waals surface area contributed by atoms with Crippen molar-refractivity contribution in [2.24, 2.45) is 0 Å². The number of hydrogen-bond donors (Lipinski definition) is 3. The molecule has 1 heterocycles. The van der Waals surface area contributed by atoms with E-state index in [0.717, 1.165) is 16.1 Å². The van der Waals surface area contributed by atoms with Crippen molar-refractivity contribution in [3.8, 4) is 0 Å². The van der Waals surface area contributed by atoms with E-state index >= 15 is 0 Å². The number of benzene rings is 1. The fourth-order valence-corrected chi connectivity index (χ4v) is 2.87. The molecule has 124 valence electrons. The Balaban J connectivity index is 1.89. The van der Waals surface area contributed by atoms with Crippen LogP contribution in [0.3, 0.4) is 0 Å². The highest BCUT2D eigenvalue weighted by molar-refractivity contribution is 7.10. The number of nitrogens with one attached hydrogen (secondary N) is 2. The molecule has 3 N–H and O–H groups in total. The number of aliphatic hydroxyl groups is 1. The van der Waals surface area contributed by atoms with Crippen LogP contribution in [0.2, 0.25) is 0 Å². The van der Waals surface area contributed by atoms with Crippen molar-refractivity contribution in [3.63, 3.8) is 0 Å². The minimum Gasteiger partial charge on any atom is -0.394 e. The highest BCUT2D eigenvalue weighted by Crippen LogP contribution is 2.22. The summed E-state index contributed by atoms with van der Waals surface area (Å²) in [5, 5.41) is 16.5. The van der Waals surface area contributed by atoms with E-state index in [4.69, 9.17) is 9.84 Å². The third-order valence-electron chi connectivity index (χ3n) is 3.48. The standard InChI is InChI=1S/C17H22N2O3S/c1-12-5-6-14(10-13(12)2)19-17(21)18-11-15(22-8-7-20)16-4-3-9-23-16/h3-6,9-10,15,20H,7-8,11H2,1-2H3,(H2,18,19,21). The second-order valence-electron chi connectivity index (χ2n) is 5.23. The Morgan fingerprint density at radius 1 is 1.30 bits per heavy atom. The summed E-state index contributed by atoms with van der Waals surface area (Å²) < 4.78 is 5.59. The second kappa shape index (κ2) is 8.67. The van der Waals surface area contributed by atoms with Crippen LogP contribution in [-0.2, 0) is 4.74 Å². The number of ether oxygens (including phenoxy) is 1. The van der Waals surface area contributed by atoms with E-state index < -0.39 is 0 Å². The normalized spacial score (nSPS) is 12.0. The Kier molecular flexibility index (Phi) is 6.58. The average Bonchev–Trinajstić information content (AvgIpc) is 3.05. The van der Waals surface area contributed by atoms with E-state index in [1.807, 2.05) is 49.6 Å². The van der Waals surface area contributed by atoms with Gasteiger partial charge in [-0.05, 0) is 48.6 Å². The molecule has 0 aliphatic heterocycles. The molecule has 1 unspecified atom stereocenters. The van der Waals surface area contributed by atoms with Gasteiger partial charge >= 0.3 is 6.03 Å². The molecule has 0 fully saturated rings. The molecule has 0 saturated heterocycles. The van der Waals surface area contributed by atoms with Crippen LogP contribution in [0.25, 0.3) is 0 Å². The molecule has 6 heteroatoms. The number of urea groups is 1. The van der Waals surface area contributed by atoms with E-state index in [2.05, 4.69) is 10.6 Å². The zero-order valence-corrected chi connectivity index (χ0v) is 14.2. The lowest BCUT2D eigenvalue weighted by atomic mass is 10.1. The van der Waals surface area contributed by atoms with Crippen molar-refractivity contribution < 1.29 is 14.6 Å². The van der Waals surface area contributed by atoms with Crippen LogP contribution in [0.4, 0.5) is 10.5 Å². The molecule has 1 atom stereocenters. The van der Waals surface area contributed by atoms with Crippen LogP contribution in [-0.4, -0.2) is 30.9 Å². The molecule has 2 aromatic rings. The first-order valence-corrected chi connectivity index (χ1v) is 8.36. The topological polar surface area (TPSA) is 70.6 Å². The quantitative estimate of drug-likeness (QED) is 0.728. The number of thiophene rings is 1. The van der Waals surface area contributed by atoms with Gasteiger partial charge in [0.15, 0.2) is 0 Å². The molecule has 2 rings (SSSR count). The lowest BCUT2D eigenvalue weighted by molar-refractivity contribution is 0.0316. The van der Waals surface area contributed by atoms with Gasteiger partial charge in [0, 0.05) is 10.6 Å². The summed E-state index contributed by atoms with van der Waals surface area (Å²) in [4.78, 5) is 13.1. The third-order valence-corrected chi connectivity index (χ3v) is 4.45. The van der Waals surface area contributed by atoms with Gasteiger partial charge in [-0.1, -0.05) is 12.1 Å². The SMILES string of the molecule is Cc1ccc(NC(=O)NCC(OCCO)c2cccs2)cc1C. The first kappa shape index (κ1) is 17.5. The van der Waals surface area contributed by atoms with Crippen LogP contribution in [0.15, 0.2) is 35.7 Å². The van der Waals surface area contributed by atoms with Gasteiger partial charge in [0.1, 0.15) is 6.10 Å². The number of aryl methyl sites for hydroxylation is 2. The highest BCUT2D eigenvalue weighted by atomic mass is 32.1. The van der Waals surface area contributed by atoms with Gasteiger partial charge in [-0.3, -0.25) is 0 Å². The molecule has 0 saturated carbocycles. The maximum Gasteiger partial charge on any atom is 0.319 e. The Hall–Kier alpha value is -1.89. The predicted octanol–water partition coefficient (Wildman–Crippen LogP) is 3.24. The molecule has 5 nitrogen and oxygen atoms in total. The van der Waals surface area contributed by atoms with Crippen LogP contribution in [0.5, 0.6) is 0 Å². The van der Waals surface area contributed by atoms with Crippen molar-refractivity contribution in [3.05, 3.63) is 51.7 Å². The largest absolute Gasteiger partial charge is 0.394 e. The molecule has 1 aromatic carbocycles. The monoisotopic (exact) mass is 334 g/mol. The molecule has 0 aliphatic carbocycles. The van der Waals surface area contributed by atoms with E-state index in [9.17, 15) is 4.79 Å². The Bertz CT molecular complexity index is 629. The van der Waals surface area contributed by atoms with Crippen molar-refractivity contribution in [1.29, 1.82) is 0 Å². The van der Waals surface area contributed by atoms with E-state index in [1.54, 1.807) is 11.3 Å². The molecular weight excluding hydrogens is 312 g/mol. The lowest BCUT2D eigenvalue weighted by Crippen LogP contribution is -2.33. The Morgan fingerprint density at radius 3 is 2.78 bits per heavy atom. The summed E-state index contributed by atoms with van der Waals surface area (Å²) in [5.41, 5.74) is 3.08. The zero-order chi connectivity index (χ0) is 16.7. The number of carbonyl (C=O) groups excluding carboxylic acids is 1. The van der Waals surface area contributed by atoms with Crippen LogP contribution < -0.4 is 10.6 Å². The number of aliphatic hydroxyl groups excluding tert-OH is 1. The van der Waals surface area contributed by atoms with Gasteiger partial charge in [0.2, 0.25) is 0 Å². The molecule has 1 aromatic heterocycles. The fourth-order valence-electron chi connectivity index (χ4n) is 2.09. The Labute approximate surface area is 140 Å². The molecule has 23 heavy (non-hydrogen) atoms. The Morgan fingerprint density at radius 2 is 2.13 bits per heavy atom. The summed E-state index contributed by atoms with van der Waals surface area (Å²) in [6.45, 7) is 4.58. The van der Waals surface area contributed by atoms with Crippen molar-refractivity contribution in [1.82, 2.24) is 5.32 Å². The molecule has 0 spiro atoms. The van der Waals surface area contributed by atoms with Gasteiger partial charge in [-0.2, -0.15) is 0 Å². The summed E-state index contributed by atoms with van der Waals surface area (Å²) >= 11 is 1.56. The number of amides is 2. The lowest BCUT2D eigenvalue weighted by Gasteiger charge is -2.17. The molecule has 0 radical (unpaired) electrons. The highest BCUT2D eigenvalue weighted by Gasteiger charge is 2.14. The smallest absolute Gasteiger partial charge is 0.319 e. The first-order chi connectivity index (χ1) is 11.1. The number of hydrogen-bond acceptors (Lipinski definition) is 4. The van der Waals surface area contributed by atoms with E-state index in [0.29, 0.717) is 6.54 Å². The van der Waals surface area contributed by atoms with Crippen LogP contribution in [0, 0.1) is 13.8 Å². The number of rotatable bonds is 7. The molecule has 0 aliphatic rings. The van der Waals surface area contributed by atoms with Crippen molar-refractivity contribution in [2.45, 2.75) is 20.0 Å². The predicted molar refractivity (Wildman–Crippen MR) is 93.0 cm³/mol. The maximum absolute atomic E-state index is 12.0.